The molecule has 3 aromatic rings. The molecule has 0 radical (unpaired) electrons. The lowest BCUT2D eigenvalue weighted by Crippen LogP contribution is -2.36. The molecule has 0 aromatic heterocycles. The molecule has 6 nitrogen and oxygen atoms in total. The van der Waals surface area contributed by atoms with Crippen LogP contribution < -0.4 is 10.2 Å². The molecule has 174 valence electrons. The molecule has 3 aromatic carbocycles. The van der Waals surface area contributed by atoms with Gasteiger partial charge in [-0.3, -0.25) is 14.4 Å². The standard InChI is InChI=1S/C27H26FN3O3/c1-18(20-11-8-12-22(15-20)29-26(33)19-9-4-3-5-10-19)30(2)27(34)21-16-25(32)31(17-21)24-14-7-6-13-23(24)28/h3-15,18,21H,16-17H2,1-2H3,(H,29,33). The molecule has 3 amide bonds. The van der Waals surface area contributed by atoms with E-state index in [1.807, 2.05) is 31.2 Å². The molecule has 34 heavy (non-hydrogen) atoms. The number of carbonyl (C=O) groups excluding carboxylic acids is 3. The van der Waals surface area contributed by atoms with E-state index in [0.717, 1.165) is 5.56 Å². The number of nitrogens with one attached hydrogen (secondary N) is 1. The lowest BCUT2D eigenvalue weighted by atomic mass is 10.0. The van der Waals surface area contributed by atoms with Crippen LogP contribution in [0.15, 0.2) is 78.9 Å². The van der Waals surface area contributed by atoms with Crippen molar-refractivity contribution in [2.75, 3.05) is 23.8 Å². The van der Waals surface area contributed by atoms with Crippen LogP contribution in [-0.4, -0.2) is 36.2 Å². The van der Waals surface area contributed by atoms with E-state index < -0.39 is 11.7 Å². The Morgan fingerprint density at radius 3 is 2.47 bits per heavy atom. The van der Waals surface area contributed by atoms with E-state index in [0.29, 0.717) is 11.3 Å². The monoisotopic (exact) mass is 459 g/mol. The van der Waals surface area contributed by atoms with Crippen molar-refractivity contribution in [2.45, 2.75) is 19.4 Å². The highest BCUT2D eigenvalue weighted by atomic mass is 19.1. The van der Waals surface area contributed by atoms with Crippen molar-refractivity contribution in [3.8, 4) is 0 Å². The summed E-state index contributed by atoms with van der Waals surface area (Å²) < 4.78 is 14.2. The van der Waals surface area contributed by atoms with Gasteiger partial charge in [0.05, 0.1) is 17.6 Å². The van der Waals surface area contributed by atoms with Gasteiger partial charge in [0.1, 0.15) is 5.82 Å². The molecule has 1 aliphatic heterocycles. The lowest BCUT2D eigenvalue weighted by Gasteiger charge is -2.28. The van der Waals surface area contributed by atoms with Crippen molar-refractivity contribution in [1.82, 2.24) is 4.90 Å². The zero-order chi connectivity index (χ0) is 24.2. The number of rotatable bonds is 6. The van der Waals surface area contributed by atoms with Crippen molar-refractivity contribution >= 4 is 29.1 Å². The Labute approximate surface area is 198 Å². The van der Waals surface area contributed by atoms with Crippen LogP contribution in [0.3, 0.4) is 0 Å². The smallest absolute Gasteiger partial charge is 0.255 e. The molecule has 2 unspecified atom stereocenters. The number of amides is 3. The average molecular weight is 460 g/mol. The zero-order valence-electron chi connectivity index (χ0n) is 19.1. The summed E-state index contributed by atoms with van der Waals surface area (Å²) >= 11 is 0. The molecule has 0 spiro atoms. The maximum absolute atomic E-state index is 14.2. The largest absolute Gasteiger partial charge is 0.339 e. The minimum atomic E-state index is -0.555. The van der Waals surface area contributed by atoms with Gasteiger partial charge in [0, 0.05) is 31.3 Å². The third kappa shape index (κ3) is 4.83. The van der Waals surface area contributed by atoms with E-state index in [2.05, 4.69) is 5.32 Å². The molecule has 1 fully saturated rings. The van der Waals surface area contributed by atoms with Crippen LogP contribution in [0.5, 0.6) is 0 Å². The number of para-hydroxylation sites is 1. The Morgan fingerprint density at radius 2 is 1.74 bits per heavy atom. The van der Waals surface area contributed by atoms with Crippen LogP contribution in [0.25, 0.3) is 0 Å². The summed E-state index contributed by atoms with van der Waals surface area (Å²) in [5.41, 5.74) is 2.22. The highest BCUT2D eigenvalue weighted by molar-refractivity contribution is 6.04. The molecule has 1 N–H and O–H groups in total. The van der Waals surface area contributed by atoms with Gasteiger partial charge in [-0.2, -0.15) is 0 Å². The highest BCUT2D eigenvalue weighted by Gasteiger charge is 2.38. The maximum Gasteiger partial charge on any atom is 0.255 e. The summed E-state index contributed by atoms with van der Waals surface area (Å²) in [5.74, 6) is -1.71. The molecular weight excluding hydrogens is 433 g/mol. The van der Waals surface area contributed by atoms with E-state index in [1.54, 1.807) is 60.5 Å². The summed E-state index contributed by atoms with van der Waals surface area (Å²) in [5, 5.41) is 2.88. The molecule has 2 atom stereocenters. The third-order valence-corrected chi connectivity index (χ3v) is 6.21. The first kappa shape index (κ1) is 23.2. The van der Waals surface area contributed by atoms with Gasteiger partial charge in [-0.25, -0.2) is 4.39 Å². The Hall–Kier alpha value is -4.00. The Bertz CT molecular complexity index is 1210. The van der Waals surface area contributed by atoms with Gasteiger partial charge in [0.15, 0.2) is 0 Å². The van der Waals surface area contributed by atoms with Crippen LogP contribution in [0.4, 0.5) is 15.8 Å². The molecule has 0 saturated carbocycles. The van der Waals surface area contributed by atoms with Crippen molar-refractivity contribution in [3.63, 3.8) is 0 Å². The van der Waals surface area contributed by atoms with Crippen molar-refractivity contribution in [2.24, 2.45) is 5.92 Å². The summed E-state index contributed by atoms with van der Waals surface area (Å²) in [4.78, 5) is 41.1. The van der Waals surface area contributed by atoms with Crippen molar-refractivity contribution in [1.29, 1.82) is 0 Å². The van der Waals surface area contributed by atoms with Gasteiger partial charge in [0.25, 0.3) is 5.91 Å². The lowest BCUT2D eigenvalue weighted by molar-refractivity contribution is -0.136. The Balaban J connectivity index is 1.44. The number of hydrogen-bond acceptors (Lipinski definition) is 3. The molecule has 4 rings (SSSR count). The van der Waals surface area contributed by atoms with Crippen LogP contribution in [0, 0.1) is 11.7 Å². The molecule has 1 saturated heterocycles. The fourth-order valence-corrected chi connectivity index (χ4v) is 4.15. The minimum Gasteiger partial charge on any atom is -0.339 e. The zero-order valence-corrected chi connectivity index (χ0v) is 19.1. The summed E-state index contributed by atoms with van der Waals surface area (Å²) in [6.45, 7) is 2.03. The van der Waals surface area contributed by atoms with E-state index in [4.69, 9.17) is 0 Å². The first-order valence-electron chi connectivity index (χ1n) is 11.1. The second-order valence-corrected chi connectivity index (χ2v) is 8.43. The number of hydrogen-bond donors (Lipinski definition) is 1. The van der Waals surface area contributed by atoms with E-state index >= 15 is 0 Å². The second-order valence-electron chi connectivity index (χ2n) is 8.43. The molecule has 7 heteroatoms. The summed E-state index contributed by atoms with van der Waals surface area (Å²) in [6.07, 6.45) is 0.0391. The van der Waals surface area contributed by atoms with Gasteiger partial charge in [-0.1, -0.05) is 42.5 Å². The van der Waals surface area contributed by atoms with Crippen LogP contribution >= 0.6 is 0 Å². The summed E-state index contributed by atoms with van der Waals surface area (Å²) in [6, 6.07) is 22.0. The quantitative estimate of drug-likeness (QED) is 0.583. The predicted molar refractivity (Wildman–Crippen MR) is 129 cm³/mol. The average Bonchev–Trinajstić information content (AvgIpc) is 3.24. The molecule has 0 bridgehead atoms. The SMILES string of the molecule is CC(c1cccc(NC(=O)c2ccccc2)c1)N(C)C(=O)C1CC(=O)N(c2ccccc2F)C1. The number of anilines is 2. The van der Waals surface area contributed by atoms with Gasteiger partial charge in [0.2, 0.25) is 11.8 Å². The number of halogens is 1. The van der Waals surface area contributed by atoms with Crippen molar-refractivity contribution < 1.29 is 18.8 Å². The van der Waals surface area contributed by atoms with E-state index in [1.165, 1.54) is 11.0 Å². The van der Waals surface area contributed by atoms with Crippen LogP contribution in [-0.2, 0) is 9.59 Å². The van der Waals surface area contributed by atoms with Crippen LogP contribution in [0.1, 0.15) is 35.3 Å². The number of benzene rings is 3. The van der Waals surface area contributed by atoms with Gasteiger partial charge in [-0.15, -0.1) is 0 Å². The second kappa shape index (κ2) is 9.87. The van der Waals surface area contributed by atoms with Gasteiger partial charge in [-0.05, 0) is 48.9 Å². The molecule has 0 aliphatic carbocycles. The van der Waals surface area contributed by atoms with Crippen molar-refractivity contribution in [3.05, 3.63) is 95.8 Å². The first-order valence-corrected chi connectivity index (χ1v) is 11.1. The van der Waals surface area contributed by atoms with Crippen LogP contribution in [0.2, 0.25) is 0 Å². The van der Waals surface area contributed by atoms with E-state index in [9.17, 15) is 18.8 Å². The minimum absolute atomic E-state index is 0.0391. The highest BCUT2D eigenvalue weighted by Crippen LogP contribution is 2.30. The fraction of sp³-hybridized carbons (Fsp3) is 0.222. The van der Waals surface area contributed by atoms with E-state index in [-0.39, 0.29) is 42.4 Å². The molecule has 1 heterocycles. The first-order chi connectivity index (χ1) is 16.3. The normalized spacial score (nSPS) is 16.3. The topological polar surface area (TPSA) is 69.7 Å². The summed E-state index contributed by atoms with van der Waals surface area (Å²) in [7, 11) is 1.69. The Kier molecular flexibility index (Phi) is 6.72. The third-order valence-electron chi connectivity index (χ3n) is 6.21. The molecular formula is C27H26FN3O3. The predicted octanol–water partition coefficient (Wildman–Crippen LogP) is 4.65. The van der Waals surface area contributed by atoms with Gasteiger partial charge < -0.3 is 15.1 Å². The fourth-order valence-electron chi connectivity index (χ4n) is 4.15. The maximum atomic E-state index is 14.2. The number of nitrogens with zero attached hydrogens (tertiary/aromatic N) is 2. The Morgan fingerprint density at radius 1 is 1.03 bits per heavy atom. The van der Waals surface area contributed by atoms with Gasteiger partial charge >= 0.3 is 0 Å². The molecule has 1 aliphatic rings. The number of carbonyl (C=O) groups is 3.